The van der Waals surface area contributed by atoms with Gasteiger partial charge in [0.05, 0.1) is 29.8 Å². The van der Waals surface area contributed by atoms with Gasteiger partial charge in [-0.15, -0.1) is 0 Å². The van der Waals surface area contributed by atoms with Crippen LogP contribution in [0.15, 0.2) is 36.4 Å². The molecule has 150 valence electrons. The second-order valence-corrected chi connectivity index (χ2v) is 7.75. The number of nitrogens with one attached hydrogen (secondary N) is 3. The lowest BCUT2D eigenvalue weighted by Gasteiger charge is -2.26. The van der Waals surface area contributed by atoms with E-state index in [9.17, 15) is 0 Å². The molecular formula is C21H23ClN6O. The zero-order valence-corrected chi connectivity index (χ0v) is 16.8. The van der Waals surface area contributed by atoms with Gasteiger partial charge in [-0.3, -0.25) is 10.00 Å². The molecule has 0 amide bonds. The largest absolute Gasteiger partial charge is 0.385 e. The average Bonchev–Trinajstić information content (AvgIpc) is 3.35. The third-order valence-corrected chi connectivity index (χ3v) is 5.55. The molecule has 2 aromatic heterocycles. The molecule has 0 radical (unpaired) electrons. The van der Waals surface area contributed by atoms with E-state index in [4.69, 9.17) is 21.3 Å². The summed E-state index contributed by atoms with van der Waals surface area (Å²) in [6.45, 7) is 5.81. The minimum absolute atomic E-state index is 0.680. The van der Waals surface area contributed by atoms with E-state index in [2.05, 4.69) is 37.5 Å². The maximum absolute atomic E-state index is 6.15. The highest BCUT2D eigenvalue weighted by molar-refractivity contribution is 6.31. The number of morpholine rings is 1. The zero-order chi connectivity index (χ0) is 19.6. The van der Waals surface area contributed by atoms with Crippen LogP contribution in [0.5, 0.6) is 0 Å². The van der Waals surface area contributed by atoms with Crippen LogP contribution in [0.3, 0.4) is 0 Å². The van der Waals surface area contributed by atoms with Crippen LogP contribution in [0, 0.1) is 0 Å². The molecule has 7 nitrogen and oxygen atoms in total. The number of fused-ring (bicyclic) bond motifs is 2. The molecule has 0 atom stereocenters. The number of imidazole rings is 1. The number of hydrogen-bond donors (Lipinski definition) is 3. The van der Waals surface area contributed by atoms with E-state index >= 15 is 0 Å². The molecule has 1 saturated heterocycles. The van der Waals surface area contributed by atoms with Crippen molar-refractivity contribution in [2.24, 2.45) is 0 Å². The summed E-state index contributed by atoms with van der Waals surface area (Å²) < 4.78 is 5.39. The van der Waals surface area contributed by atoms with Crippen LogP contribution in [0.25, 0.3) is 33.5 Å². The van der Waals surface area contributed by atoms with Crippen LogP contribution in [-0.2, 0) is 4.74 Å². The van der Waals surface area contributed by atoms with E-state index in [1.807, 2.05) is 24.3 Å². The molecule has 1 aliphatic rings. The van der Waals surface area contributed by atoms with Gasteiger partial charge in [0.15, 0.2) is 5.82 Å². The molecule has 2 aromatic carbocycles. The quantitative estimate of drug-likeness (QED) is 0.420. The Balaban J connectivity index is 1.29. The number of benzene rings is 2. The van der Waals surface area contributed by atoms with Crippen LogP contribution in [0.4, 0.5) is 5.69 Å². The molecule has 0 aliphatic carbocycles. The van der Waals surface area contributed by atoms with Crippen LogP contribution in [-0.4, -0.2) is 64.5 Å². The number of halogens is 1. The smallest absolute Gasteiger partial charge is 0.159 e. The molecule has 4 aromatic rings. The predicted molar refractivity (Wildman–Crippen MR) is 117 cm³/mol. The average molecular weight is 411 g/mol. The monoisotopic (exact) mass is 410 g/mol. The van der Waals surface area contributed by atoms with Gasteiger partial charge in [0.1, 0.15) is 5.69 Å². The molecule has 1 fully saturated rings. The maximum atomic E-state index is 6.15. The molecule has 3 N–H and O–H groups in total. The molecule has 0 unspecified atom stereocenters. The first-order valence-electron chi connectivity index (χ1n) is 9.94. The van der Waals surface area contributed by atoms with Crippen molar-refractivity contribution in [2.45, 2.75) is 6.42 Å². The van der Waals surface area contributed by atoms with Crippen molar-refractivity contribution in [3.8, 4) is 11.5 Å². The standard InChI is InChI=1S/C21H23ClN6O/c22-14-2-4-17-16(12-14)20(27-26-17)21-24-18-5-3-15(13-19(18)25-21)23-6-1-7-28-8-10-29-11-9-28/h2-5,12-13,23H,1,6-11H2,(H,24,25)(H,26,27). The fourth-order valence-electron chi connectivity index (χ4n) is 3.76. The second-order valence-electron chi connectivity index (χ2n) is 7.31. The zero-order valence-electron chi connectivity index (χ0n) is 16.0. The van der Waals surface area contributed by atoms with E-state index in [1.54, 1.807) is 0 Å². The predicted octanol–water partition coefficient (Wildman–Crippen LogP) is 3.89. The van der Waals surface area contributed by atoms with Gasteiger partial charge in [0, 0.05) is 35.7 Å². The van der Waals surface area contributed by atoms with Crippen molar-refractivity contribution in [3.05, 3.63) is 41.4 Å². The number of rotatable bonds is 6. The van der Waals surface area contributed by atoms with E-state index < -0.39 is 0 Å². The number of H-pyrrole nitrogens is 2. The van der Waals surface area contributed by atoms with Crippen molar-refractivity contribution in [1.82, 2.24) is 25.1 Å². The Kier molecular flexibility index (Phi) is 5.10. The fourth-order valence-corrected chi connectivity index (χ4v) is 3.93. The third kappa shape index (κ3) is 3.94. The summed E-state index contributed by atoms with van der Waals surface area (Å²) in [6, 6.07) is 11.9. The normalized spacial score (nSPS) is 15.3. The van der Waals surface area contributed by atoms with E-state index in [1.165, 1.54) is 0 Å². The maximum Gasteiger partial charge on any atom is 0.159 e. The molecule has 0 bridgehead atoms. The van der Waals surface area contributed by atoms with Crippen molar-refractivity contribution < 1.29 is 4.74 Å². The summed E-state index contributed by atoms with van der Waals surface area (Å²) in [4.78, 5) is 10.6. The minimum atomic E-state index is 0.680. The SMILES string of the molecule is Clc1ccc2[nH]nc(-c3nc4ccc(NCCCN5CCOCC5)cc4[nH]3)c2c1. The molecular weight excluding hydrogens is 388 g/mol. The van der Waals surface area contributed by atoms with Crippen molar-refractivity contribution in [2.75, 3.05) is 44.7 Å². The summed E-state index contributed by atoms with van der Waals surface area (Å²) >= 11 is 6.15. The van der Waals surface area contributed by atoms with Gasteiger partial charge < -0.3 is 15.0 Å². The summed E-state index contributed by atoms with van der Waals surface area (Å²) in [6.07, 6.45) is 1.10. The Bertz CT molecular complexity index is 1130. The molecule has 8 heteroatoms. The van der Waals surface area contributed by atoms with Crippen LogP contribution in [0.2, 0.25) is 5.02 Å². The van der Waals surface area contributed by atoms with Gasteiger partial charge in [0.2, 0.25) is 0 Å². The van der Waals surface area contributed by atoms with Gasteiger partial charge in [-0.05, 0) is 49.4 Å². The molecule has 5 rings (SSSR count). The van der Waals surface area contributed by atoms with Crippen LogP contribution in [0.1, 0.15) is 6.42 Å². The molecule has 0 saturated carbocycles. The highest BCUT2D eigenvalue weighted by Gasteiger charge is 2.13. The summed E-state index contributed by atoms with van der Waals surface area (Å²) in [5, 5.41) is 12.6. The Morgan fingerprint density at radius 1 is 1.10 bits per heavy atom. The Labute approximate surface area is 173 Å². The fraction of sp³-hybridized carbons (Fsp3) is 0.333. The van der Waals surface area contributed by atoms with Gasteiger partial charge in [0.25, 0.3) is 0 Å². The van der Waals surface area contributed by atoms with Gasteiger partial charge in [-0.2, -0.15) is 5.10 Å². The number of ether oxygens (including phenoxy) is 1. The van der Waals surface area contributed by atoms with E-state index in [0.717, 1.165) is 85.0 Å². The van der Waals surface area contributed by atoms with E-state index in [0.29, 0.717) is 5.02 Å². The first-order chi connectivity index (χ1) is 14.3. The van der Waals surface area contributed by atoms with Gasteiger partial charge >= 0.3 is 0 Å². The third-order valence-electron chi connectivity index (χ3n) is 5.32. The number of hydrogen-bond acceptors (Lipinski definition) is 5. The van der Waals surface area contributed by atoms with Crippen LogP contribution >= 0.6 is 11.6 Å². The number of nitrogens with zero attached hydrogens (tertiary/aromatic N) is 3. The highest BCUT2D eigenvalue weighted by Crippen LogP contribution is 2.28. The summed E-state index contributed by atoms with van der Waals surface area (Å²) in [7, 11) is 0. The molecule has 0 spiro atoms. The lowest BCUT2D eigenvalue weighted by atomic mass is 10.2. The topological polar surface area (TPSA) is 81.9 Å². The molecule has 29 heavy (non-hydrogen) atoms. The first-order valence-corrected chi connectivity index (χ1v) is 10.3. The van der Waals surface area contributed by atoms with Crippen LogP contribution < -0.4 is 5.32 Å². The van der Waals surface area contributed by atoms with Crippen molar-refractivity contribution in [1.29, 1.82) is 0 Å². The summed E-state index contributed by atoms with van der Waals surface area (Å²) in [5.41, 5.74) is 4.70. The first kappa shape index (κ1) is 18.4. The number of aromatic amines is 2. The van der Waals surface area contributed by atoms with Gasteiger partial charge in [-0.1, -0.05) is 11.6 Å². The van der Waals surface area contributed by atoms with E-state index in [-0.39, 0.29) is 0 Å². The van der Waals surface area contributed by atoms with Crippen molar-refractivity contribution >= 4 is 39.2 Å². The lowest BCUT2D eigenvalue weighted by Crippen LogP contribution is -2.37. The number of aromatic nitrogens is 4. The Hall–Kier alpha value is -2.61. The second kappa shape index (κ2) is 8.02. The Morgan fingerprint density at radius 3 is 2.90 bits per heavy atom. The number of anilines is 1. The summed E-state index contributed by atoms with van der Waals surface area (Å²) in [5.74, 6) is 0.734. The molecule has 3 heterocycles. The van der Waals surface area contributed by atoms with Crippen molar-refractivity contribution in [3.63, 3.8) is 0 Å². The van der Waals surface area contributed by atoms with Gasteiger partial charge in [-0.25, -0.2) is 4.98 Å². The minimum Gasteiger partial charge on any atom is -0.385 e. The molecule has 1 aliphatic heterocycles. The lowest BCUT2D eigenvalue weighted by molar-refractivity contribution is 0.0378. The highest BCUT2D eigenvalue weighted by atomic mass is 35.5. The Morgan fingerprint density at radius 2 is 2.00 bits per heavy atom.